The lowest BCUT2D eigenvalue weighted by atomic mass is 9.96. The highest BCUT2D eigenvalue weighted by atomic mass is 16.7. The average Bonchev–Trinajstić information content (AvgIpc) is 3.09. The van der Waals surface area contributed by atoms with Crippen molar-refractivity contribution in [1.82, 2.24) is 5.32 Å². The number of hydrogen-bond acceptors (Lipinski definition) is 18. The Balaban J connectivity index is 1.57. The van der Waals surface area contributed by atoms with Crippen LogP contribution in [0.2, 0.25) is 0 Å². The van der Waals surface area contributed by atoms with Gasteiger partial charge >= 0.3 is 0 Å². The third kappa shape index (κ3) is 12.5. The van der Waals surface area contributed by atoms with Gasteiger partial charge in [-0.3, -0.25) is 9.59 Å². The number of aliphatic hydroxyl groups excluding tert-OH is 10. The first-order valence-corrected chi connectivity index (χ1v) is 17.5. The zero-order chi connectivity index (χ0) is 37.8. The Morgan fingerprint density at radius 1 is 0.588 bits per heavy atom. The van der Waals surface area contributed by atoms with Crippen LogP contribution in [0, 0.1) is 0 Å². The molecule has 11 N–H and O–H groups in total. The fourth-order valence-corrected chi connectivity index (χ4v) is 6.02. The maximum atomic E-state index is 12.4. The highest BCUT2D eigenvalue weighted by Crippen LogP contribution is 2.31. The highest BCUT2D eigenvalue weighted by Gasteiger charge is 2.52. The van der Waals surface area contributed by atoms with Crippen LogP contribution in [0.4, 0.5) is 0 Å². The van der Waals surface area contributed by atoms with E-state index in [9.17, 15) is 60.7 Å². The van der Waals surface area contributed by atoms with Crippen LogP contribution in [0.25, 0.3) is 0 Å². The number of carbonyl (C=O) groups is 2. The number of carbonyl (C=O) groups excluding carboxylic acids is 2. The topological polar surface area (TPSA) is 304 Å². The van der Waals surface area contributed by atoms with Gasteiger partial charge in [0, 0.05) is 25.3 Å². The molecule has 0 unspecified atom stereocenters. The molecule has 0 aromatic heterocycles. The van der Waals surface area contributed by atoms with Crippen molar-refractivity contribution >= 4 is 11.7 Å². The van der Waals surface area contributed by atoms with Gasteiger partial charge < -0.3 is 84.8 Å². The zero-order valence-corrected chi connectivity index (χ0v) is 29.0. The Bertz CT molecular complexity index is 1040. The molecule has 1 amide bonds. The minimum absolute atomic E-state index is 0.00191. The van der Waals surface area contributed by atoms with Gasteiger partial charge in [-0.1, -0.05) is 12.8 Å². The number of ketones is 1. The maximum Gasteiger partial charge on any atom is 0.220 e. The number of ether oxygens (including phenoxy) is 6. The summed E-state index contributed by atoms with van der Waals surface area (Å²) in [6, 6.07) is 0.0883. The zero-order valence-electron chi connectivity index (χ0n) is 29.0. The average molecular weight is 744 g/mol. The van der Waals surface area contributed by atoms with Gasteiger partial charge in [0.2, 0.25) is 5.91 Å². The maximum absolute atomic E-state index is 12.4. The van der Waals surface area contributed by atoms with Crippen LogP contribution in [-0.4, -0.2) is 187 Å². The quantitative estimate of drug-likeness (QED) is 0.0525. The molecule has 3 saturated heterocycles. The van der Waals surface area contributed by atoms with E-state index in [0.29, 0.717) is 19.3 Å². The third-order valence-electron chi connectivity index (χ3n) is 9.00. The van der Waals surface area contributed by atoms with Crippen molar-refractivity contribution in [3.8, 4) is 0 Å². The molecular formula is C32H57NO18. The summed E-state index contributed by atoms with van der Waals surface area (Å²) in [5.41, 5.74) is 0. The van der Waals surface area contributed by atoms with Crippen molar-refractivity contribution < 1.29 is 89.1 Å². The van der Waals surface area contributed by atoms with Crippen LogP contribution in [0.1, 0.15) is 65.2 Å². The lowest BCUT2D eigenvalue weighted by molar-refractivity contribution is -0.366. The first-order chi connectivity index (χ1) is 24.2. The van der Waals surface area contributed by atoms with E-state index in [1.807, 2.05) is 13.8 Å². The molecule has 15 atom stereocenters. The number of Topliss-reactive ketones (excluding diaryl/α,β-unsaturated/α-hetero) is 1. The molecule has 0 spiro atoms. The summed E-state index contributed by atoms with van der Waals surface area (Å²) in [5.74, 6) is -0.00613. The first-order valence-electron chi connectivity index (χ1n) is 17.5. The highest BCUT2D eigenvalue weighted by molar-refractivity contribution is 5.78. The predicted molar refractivity (Wildman–Crippen MR) is 170 cm³/mol. The third-order valence-corrected chi connectivity index (χ3v) is 9.00. The fourth-order valence-electron chi connectivity index (χ4n) is 6.02. The second kappa shape index (κ2) is 21.4. The van der Waals surface area contributed by atoms with E-state index in [4.69, 9.17) is 28.4 Å². The molecule has 0 aliphatic carbocycles. The molecule has 19 heteroatoms. The number of unbranched alkanes of at least 4 members (excludes halogenated alkanes) is 3. The number of hydrogen-bond donors (Lipinski definition) is 11. The van der Waals surface area contributed by atoms with Gasteiger partial charge in [-0.2, -0.15) is 0 Å². The Kier molecular flexibility index (Phi) is 18.4. The monoisotopic (exact) mass is 743 g/mol. The molecule has 3 rings (SSSR count). The van der Waals surface area contributed by atoms with E-state index < -0.39 is 112 Å². The molecule has 0 aromatic carbocycles. The lowest BCUT2D eigenvalue weighted by Crippen LogP contribution is -2.65. The molecule has 298 valence electrons. The molecule has 3 fully saturated rings. The summed E-state index contributed by atoms with van der Waals surface area (Å²) in [6.45, 7) is 1.64. The van der Waals surface area contributed by atoms with Crippen LogP contribution in [0.5, 0.6) is 0 Å². The summed E-state index contributed by atoms with van der Waals surface area (Å²) in [7, 11) is 0. The Morgan fingerprint density at radius 3 is 1.69 bits per heavy atom. The van der Waals surface area contributed by atoms with Crippen LogP contribution >= 0.6 is 0 Å². The van der Waals surface area contributed by atoms with Gasteiger partial charge in [0.05, 0.1) is 26.4 Å². The molecule has 3 heterocycles. The molecular weight excluding hydrogens is 686 g/mol. The van der Waals surface area contributed by atoms with E-state index in [1.54, 1.807) is 0 Å². The molecule has 0 radical (unpaired) electrons. The van der Waals surface area contributed by atoms with Crippen molar-refractivity contribution in [3.05, 3.63) is 0 Å². The van der Waals surface area contributed by atoms with Crippen molar-refractivity contribution in [2.75, 3.05) is 26.4 Å². The van der Waals surface area contributed by atoms with Gasteiger partial charge in [-0.15, -0.1) is 0 Å². The first kappa shape index (κ1) is 43.9. The minimum Gasteiger partial charge on any atom is -0.394 e. The van der Waals surface area contributed by atoms with Gasteiger partial charge in [0.15, 0.2) is 18.9 Å². The van der Waals surface area contributed by atoms with Crippen molar-refractivity contribution in [2.45, 2.75) is 163 Å². The molecule has 3 aliphatic heterocycles. The summed E-state index contributed by atoms with van der Waals surface area (Å²) < 4.78 is 33.3. The largest absolute Gasteiger partial charge is 0.394 e. The second-order valence-electron chi connectivity index (χ2n) is 13.5. The Labute approximate surface area is 296 Å². The summed E-state index contributed by atoms with van der Waals surface area (Å²) in [5, 5.41) is 105. The number of nitrogens with one attached hydrogen (secondary N) is 1. The summed E-state index contributed by atoms with van der Waals surface area (Å²) >= 11 is 0. The number of aliphatic hydroxyl groups is 10. The van der Waals surface area contributed by atoms with Crippen molar-refractivity contribution in [1.29, 1.82) is 0 Å². The Hall–Kier alpha value is -1.50. The van der Waals surface area contributed by atoms with E-state index in [1.165, 1.54) is 0 Å². The molecule has 19 nitrogen and oxygen atoms in total. The summed E-state index contributed by atoms with van der Waals surface area (Å²) in [6.07, 6.45) is -20.4. The Morgan fingerprint density at radius 2 is 1.10 bits per heavy atom. The molecule has 0 aromatic rings. The smallest absolute Gasteiger partial charge is 0.220 e. The molecule has 0 bridgehead atoms. The van der Waals surface area contributed by atoms with Crippen LogP contribution in [0.15, 0.2) is 0 Å². The van der Waals surface area contributed by atoms with Gasteiger partial charge in [0.1, 0.15) is 79.0 Å². The minimum atomic E-state index is -1.87. The van der Waals surface area contributed by atoms with E-state index in [2.05, 4.69) is 5.32 Å². The standard InChI is InChI=1S/C32H57NO18/c1-15(2)33-20(37)10-6-4-3-5-8-16(36)9-7-11-46-31-28(45)29(51-32-27(44)25(42)22(39)18(13-35)49-32)23(40)19(50-31)14-47-30-26(43)24(41)21(38)17(12-34)48-30/h15,17-19,21-32,34-35,38-45H,3-14H2,1-2H3,(H,33,37)/t17-,18-,19-,21-,22-,23-,24+,25+,26+,27+,28+,29+,30+,31-,32-/m1/s1. The SMILES string of the molecule is CC(C)NC(=O)CCCCCCC(=O)CCCO[C@@H]1O[C@H](CO[C@H]2O[C@H](CO)[C@@H](O)[C@H](O)[C@@H]2O)[C@@H](O)[C@H](O[C@H]2O[C@H](CO)[C@@H](O)[C@H](O)[C@@H]2O)[C@@H]1O. The number of amides is 1. The van der Waals surface area contributed by atoms with Crippen LogP contribution < -0.4 is 5.32 Å². The molecule has 0 saturated carbocycles. The van der Waals surface area contributed by atoms with Gasteiger partial charge in [-0.05, 0) is 33.1 Å². The molecule has 3 aliphatic rings. The van der Waals surface area contributed by atoms with Crippen molar-refractivity contribution in [2.24, 2.45) is 0 Å². The fraction of sp³-hybridized carbons (Fsp3) is 0.938. The van der Waals surface area contributed by atoms with Crippen LogP contribution in [0.3, 0.4) is 0 Å². The van der Waals surface area contributed by atoms with Gasteiger partial charge in [0.25, 0.3) is 0 Å². The van der Waals surface area contributed by atoms with Crippen molar-refractivity contribution in [3.63, 3.8) is 0 Å². The predicted octanol–water partition coefficient (Wildman–Crippen LogP) is -4.33. The summed E-state index contributed by atoms with van der Waals surface area (Å²) in [4.78, 5) is 24.1. The normalized spacial score (nSPS) is 38.9. The second-order valence-corrected chi connectivity index (χ2v) is 13.5. The van der Waals surface area contributed by atoms with E-state index in [-0.39, 0.29) is 37.2 Å². The lowest BCUT2D eigenvalue weighted by Gasteiger charge is -2.46. The van der Waals surface area contributed by atoms with Gasteiger partial charge in [-0.25, -0.2) is 0 Å². The van der Waals surface area contributed by atoms with Crippen LogP contribution in [-0.2, 0) is 38.0 Å². The van der Waals surface area contributed by atoms with E-state index >= 15 is 0 Å². The number of rotatable bonds is 20. The molecule has 51 heavy (non-hydrogen) atoms. The van der Waals surface area contributed by atoms with E-state index in [0.717, 1.165) is 19.3 Å².